The second-order valence-corrected chi connectivity index (χ2v) is 6.13. The van der Waals surface area contributed by atoms with Crippen molar-refractivity contribution in [2.45, 2.75) is 12.5 Å². The predicted octanol–water partition coefficient (Wildman–Crippen LogP) is 3.65. The van der Waals surface area contributed by atoms with Crippen molar-refractivity contribution in [2.24, 2.45) is 5.73 Å². The van der Waals surface area contributed by atoms with Gasteiger partial charge in [-0.05, 0) is 42.8 Å². The smallest absolute Gasteiger partial charge is 0.259 e. The normalized spacial score (nSPS) is 16.1. The minimum atomic E-state index is -0.0897. The van der Waals surface area contributed by atoms with Gasteiger partial charge in [-0.25, -0.2) is 4.98 Å². The molecule has 1 atom stereocenters. The van der Waals surface area contributed by atoms with Crippen molar-refractivity contribution in [3.05, 3.63) is 52.6 Å². The third-order valence-corrected chi connectivity index (χ3v) is 4.07. The Morgan fingerprint density at radius 2 is 1.96 bits per heavy atom. The van der Waals surface area contributed by atoms with Gasteiger partial charge in [0.1, 0.15) is 11.3 Å². The molecule has 0 saturated carbocycles. The van der Waals surface area contributed by atoms with Gasteiger partial charge in [-0.3, -0.25) is 4.79 Å². The molecule has 0 aliphatic carbocycles. The summed E-state index contributed by atoms with van der Waals surface area (Å²) in [5.74, 6) is 0.859. The van der Waals surface area contributed by atoms with Crippen molar-refractivity contribution in [3.8, 4) is 11.6 Å². The molecule has 1 fully saturated rings. The number of likely N-dealkylation sites (tertiary alicyclic amines) is 1. The van der Waals surface area contributed by atoms with E-state index in [1.165, 1.54) is 0 Å². The molecule has 1 aromatic carbocycles. The van der Waals surface area contributed by atoms with E-state index in [1.807, 2.05) is 24.3 Å². The average molecular weight is 435 g/mol. The number of benzene rings is 1. The van der Waals surface area contributed by atoms with Gasteiger partial charge in [0.25, 0.3) is 5.91 Å². The van der Waals surface area contributed by atoms with Crippen LogP contribution in [0.25, 0.3) is 0 Å². The van der Waals surface area contributed by atoms with Crippen LogP contribution in [0.3, 0.4) is 0 Å². The molecule has 3 rings (SSSR count). The monoisotopic (exact) mass is 433 g/mol. The van der Waals surface area contributed by atoms with Crippen LogP contribution in [0.15, 0.2) is 47.1 Å². The second kappa shape index (κ2) is 9.22. The molecule has 0 spiro atoms. The Kier molecular flexibility index (Phi) is 7.96. The maximum absolute atomic E-state index is 12.6. The van der Waals surface area contributed by atoms with Crippen LogP contribution in [0.5, 0.6) is 11.6 Å². The lowest BCUT2D eigenvalue weighted by Crippen LogP contribution is -2.32. The molecule has 1 unspecified atom stereocenters. The third kappa shape index (κ3) is 4.83. The van der Waals surface area contributed by atoms with E-state index in [2.05, 4.69) is 20.9 Å². The number of amides is 1. The number of carbonyl (C=O) groups is 1. The summed E-state index contributed by atoms with van der Waals surface area (Å²) in [7, 11) is 0. The molecule has 0 bridgehead atoms. The van der Waals surface area contributed by atoms with Crippen LogP contribution in [-0.4, -0.2) is 34.9 Å². The van der Waals surface area contributed by atoms with E-state index in [9.17, 15) is 4.79 Å². The lowest BCUT2D eigenvalue weighted by Gasteiger charge is -2.17. The number of hydrogen-bond acceptors (Lipinski definition) is 4. The van der Waals surface area contributed by atoms with Crippen molar-refractivity contribution in [1.29, 1.82) is 0 Å². The highest BCUT2D eigenvalue weighted by Crippen LogP contribution is 2.26. The minimum absolute atomic E-state index is 0. The summed E-state index contributed by atoms with van der Waals surface area (Å²) in [6.07, 6.45) is 2.44. The molecule has 2 heterocycles. The second-order valence-electron chi connectivity index (χ2n) is 5.21. The van der Waals surface area contributed by atoms with Crippen molar-refractivity contribution in [3.63, 3.8) is 0 Å². The van der Waals surface area contributed by atoms with Gasteiger partial charge >= 0.3 is 0 Å². The number of nitrogens with zero attached hydrogens (tertiary/aromatic N) is 2. The van der Waals surface area contributed by atoms with E-state index in [4.69, 9.17) is 10.5 Å². The summed E-state index contributed by atoms with van der Waals surface area (Å²) >= 11 is 3.38. The number of ether oxygens (including phenoxy) is 1. The van der Waals surface area contributed by atoms with Gasteiger partial charge in [0.15, 0.2) is 0 Å². The number of rotatable bonds is 3. The molecule has 1 aliphatic heterocycles. The number of hydrogen-bond donors (Lipinski definition) is 1. The van der Waals surface area contributed by atoms with Crippen molar-refractivity contribution >= 4 is 46.7 Å². The summed E-state index contributed by atoms with van der Waals surface area (Å²) in [5, 5.41) is 0. The lowest BCUT2D eigenvalue weighted by molar-refractivity contribution is 0.0787. The Morgan fingerprint density at radius 1 is 1.25 bits per heavy atom. The van der Waals surface area contributed by atoms with Crippen LogP contribution >= 0.6 is 40.7 Å². The first kappa shape index (κ1) is 20.7. The number of halogens is 3. The number of aromatic nitrogens is 1. The van der Waals surface area contributed by atoms with E-state index in [0.717, 1.165) is 10.9 Å². The van der Waals surface area contributed by atoms with Gasteiger partial charge in [0.05, 0.1) is 0 Å². The van der Waals surface area contributed by atoms with Gasteiger partial charge in [0, 0.05) is 29.8 Å². The fourth-order valence-electron chi connectivity index (χ4n) is 2.39. The summed E-state index contributed by atoms with van der Waals surface area (Å²) < 4.78 is 6.72. The van der Waals surface area contributed by atoms with E-state index >= 15 is 0 Å². The van der Waals surface area contributed by atoms with E-state index < -0.39 is 0 Å². The largest absolute Gasteiger partial charge is 0.438 e. The van der Waals surface area contributed by atoms with Gasteiger partial charge in [0.2, 0.25) is 5.88 Å². The minimum Gasteiger partial charge on any atom is -0.438 e. The first-order chi connectivity index (χ1) is 10.6. The molecule has 1 aromatic heterocycles. The summed E-state index contributed by atoms with van der Waals surface area (Å²) in [4.78, 5) is 18.5. The molecule has 2 aromatic rings. The quantitative estimate of drug-likeness (QED) is 0.800. The Bertz CT molecular complexity index is 685. The average Bonchev–Trinajstić information content (AvgIpc) is 2.96. The topological polar surface area (TPSA) is 68.5 Å². The molecule has 130 valence electrons. The first-order valence-corrected chi connectivity index (χ1v) is 7.86. The molecule has 1 saturated heterocycles. The van der Waals surface area contributed by atoms with E-state index in [0.29, 0.717) is 30.3 Å². The maximum Gasteiger partial charge on any atom is 0.259 e. The van der Waals surface area contributed by atoms with Crippen molar-refractivity contribution < 1.29 is 9.53 Å². The molecule has 1 aliphatic rings. The zero-order valence-corrected chi connectivity index (χ0v) is 15.9. The SMILES string of the molecule is Cl.Cl.NC1CCN(C(=O)c2cccnc2Oc2ccc(Br)cc2)C1. The fourth-order valence-corrected chi connectivity index (χ4v) is 2.66. The molecular formula is C16H18BrCl2N3O2. The number of pyridine rings is 1. The standard InChI is InChI=1S/C16H16BrN3O2.2ClH/c17-11-3-5-13(6-4-11)22-15-14(2-1-8-19-15)16(21)20-9-7-12(18)10-20;;/h1-6,8,12H,7,9-10,18H2;2*1H. The van der Waals surface area contributed by atoms with Gasteiger partial charge in [-0.15, -0.1) is 24.8 Å². The van der Waals surface area contributed by atoms with Crippen LogP contribution in [0.2, 0.25) is 0 Å². The maximum atomic E-state index is 12.6. The third-order valence-electron chi connectivity index (χ3n) is 3.54. The zero-order valence-electron chi connectivity index (χ0n) is 12.7. The highest BCUT2D eigenvalue weighted by atomic mass is 79.9. The van der Waals surface area contributed by atoms with E-state index in [-0.39, 0.29) is 36.8 Å². The zero-order chi connectivity index (χ0) is 15.5. The van der Waals surface area contributed by atoms with Crippen LogP contribution in [0.1, 0.15) is 16.8 Å². The molecule has 24 heavy (non-hydrogen) atoms. The fraction of sp³-hybridized carbons (Fsp3) is 0.250. The Morgan fingerprint density at radius 3 is 2.58 bits per heavy atom. The molecular weight excluding hydrogens is 417 g/mol. The van der Waals surface area contributed by atoms with Gasteiger partial charge in [-0.2, -0.15) is 0 Å². The summed E-state index contributed by atoms with van der Waals surface area (Å²) in [6, 6.07) is 10.9. The Hall–Kier alpha value is -1.34. The highest BCUT2D eigenvalue weighted by molar-refractivity contribution is 9.10. The van der Waals surface area contributed by atoms with Crippen molar-refractivity contribution in [2.75, 3.05) is 13.1 Å². The van der Waals surface area contributed by atoms with Crippen LogP contribution in [-0.2, 0) is 0 Å². The van der Waals surface area contributed by atoms with Crippen LogP contribution in [0.4, 0.5) is 0 Å². The highest BCUT2D eigenvalue weighted by Gasteiger charge is 2.27. The molecule has 8 heteroatoms. The van der Waals surface area contributed by atoms with Gasteiger partial charge in [-0.1, -0.05) is 15.9 Å². The number of nitrogens with two attached hydrogens (primary N) is 1. The summed E-state index contributed by atoms with van der Waals surface area (Å²) in [5.41, 5.74) is 6.33. The number of carbonyl (C=O) groups excluding carboxylic acids is 1. The summed E-state index contributed by atoms with van der Waals surface area (Å²) in [6.45, 7) is 1.25. The van der Waals surface area contributed by atoms with E-state index in [1.54, 1.807) is 23.2 Å². The lowest BCUT2D eigenvalue weighted by atomic mass is 10.2. The molecule has 1 amide bonds. The first-order valence-electron chi connectivity index (χ1n) is 7.07. The predicted molar refractivity (Wildman–Crippen MR) is 101 cm³/mol. The molecule has 0 radical (unpaired) electrons. The molecule has 2 N–H and O–H groups in total. The Balaban J connectivity index is 0.00000144. The molecule has 5 nitrogen and oxygen atoms in total. The van der Waals surface area contributed by atoms with Crippen LogP contribution < -0.4 is 10.5 Å². The van der Waals surface area contributed by atoms with Crippen LogP contribution in [0, 0.1) is 0 Å². The van der Waals surface area contributed by atoms with Gasteiger partial charge < -0.3 is 15.4 Å². The van der Waals surface area contributed by atoms with Crippen molar-refractivity contribution in [1.82, 2.24) is 9.88 Å². The Labute approximate surface area is 161 Å².